The fourth-order valence-electron chi connectivity index (χ4n) is 3.62. The van der Waals surface area contributed by atoms with Crippen LogP contribution in [0.15, 0.2) is 72.8 Å². The number of ketones is 1. The van der Waals surface area contributed by atoms with Crippen molar-refractivity contribution in [2.75, 3.05) is 10.7 Å². The van der Waals surface area contributed by atoms with Crippen molar-refractivity contribution in [1.82, 2.24) is 0 Å². The van der Waals surface area contributed by atoms with Gasteiger partial charge in [0.25, 0.3) is 0 Å². The molecule has 168 valence electrons. The van der Waals surface area contributed by atoms with Gasteiger partial charge >= 0.3 is 5.97 Å². The number of benzene rings is 3. The third kappa shape index (κ3) is 4.96. The van der Waals surface area contributed by atoms with Gasteiger partial charge in [0.1, 0.15) is 22.6 Å². The van der Waals surface area contributed by atoms with Crippen molar-refractivity contribution >= 4 is 35.1 Å². The molecule has 0 N–H and O–H groups in total. The van der Waals surface area contributed by atoms with Gasteiger partial charge in [-0.05, 0) is 66.2 Å². The molecule has 2 atom stereocenters. The molecule has 3 aromatic rings. The Kier molecular flexibility index (Phi) is 6.55. The first-order chi connectivity index (χ1) is 15.8. The summed E-state index contributed by atoms with van der Waals surface area (Å²) in [7, 11) is 0. The molecule has 3 aromatic carbocycles. The van der Waals surface area contributed by atoms with Crippen LogP contribution in [0.25, 0.3) is 0 Å². The summed E-state index contributed by atoms with van der Waals surface area (Å²) in [5.41, 5.74) is 1.69. The van der Waals surface area contributed by atoms with Crippen molar-refractivity contribution < 1.29 is 27.9 Å². The first kappa shape index (κ1) is 22.7. The Labute approximate surface area is 193 Å². The maximum Gasteiger partial charge on any atom is 0.308 e. The number of amides is 1. The summed E-state index contributed by atoms with van der Waals surface area (Å²) >= 11 is 1.20. The van der Waals surface area contributed by atoms with Crippen molar-refractivity contribution in [1.29, 1.82) is 0 Å². The van der Waals surface area contributed by atoms with E-state index in [0.717, 1.165) is 5.56 Å². The quantitative estimate of drug-likeness (QED) is 0.213. The Balaban J connectivity index is 1.56. The molecule has 8 heteroatoms. The Bertz CT molecular complexity index is 1180. The lowest BCUT2D eigenvalue weighted by Gasteiger charge is -2.47. The molecule has 0 bridgehead atoms. The summed E-state index contributed by atoms with van der Waals surface area (Å²) in [5.74, 6) is -1.28. The largest absolute Gasteiger partial charge is 0.427 e. The number of ether oxygens (including phenoxy) is 1. The van der Waals surface area contributed by atoms with Crippen LogP contribution in [-0.4, -0.2) is 28.7 Å². The number of nitrogens with zero attached hydrogens (tertiary/aromatic N) is 1. The summed E-state index contributed by atoms with van der Waals surface area (Å²) in [6, 6.07) is 17.2. The highest BCUT2D eigenvalue weighted by Crippen LogP contribution is 2.45. The predicted octanol–water partition coefficient (Wildman–Crippen LogP) is 4.96. The van der Waals surface area contributed by atoms with E-state index in [9.17, 15) is 23.2 Å². The van der Waals surface area contributed by atoms with Gasteiger partial charge in [0, 0.05) is 18.2 Å². The second-order valence-electron chi connectivity index (χ2n) is 7.45. The molecule has 0 spiro atoms. The second kappa shape index (κ2) is 9.54. The standard InChI is InChI=1S/C25H19F2NO4S/c1-15(29)32-21-12-4-17(5-13-21)23-24(25(31)28(23)20-10-8-19(27)9-11-20)33-14-22(30)16-2-6-18(26)7-3-16/h2-13,23-24H,14H2,1H3/t23-,24-/m1/s1. The fourth-order valence-corrected chi connectivity index (χ4v) is 4.84. The summed E-state index contributed by atoms with van der Waals surface area (Å²) in [4.78, 5) is 38.3. The van der Waals surface area contributed by atoms with Crippen LogP contribution in [-0.2, 0) is 9.59 Å². The highest BCUT2D eigenvalue weighted by molar-refractivity contribution is 8.01. The number of hydrogen-bond donors (Lipinski definition) is 0. The highest BCUT2D eigenvalue weighted by atomic mass is 32.2. The number of rotatable bonds is 7. The van der Waals surface area contributed by atoms with Crippen molar-refractivity contribution in [3.8, 4) is 5.75 Å². The number of Topliss-reactive ketones (excluding diaryl/α,β-unsaturated/α-hetero) is 1. The van der Waals surface area contributed by atoms with Gasteiger partial charge in [0.15, 0.2) is 5.78 Å². The average molecular weight is 467 g/mol. The van der Waals surface area contributed by atoms with E-state index in [1.807, 2.05) is 0 Å². The zero-order valence-corrected chi connectivity index (χ0v) is 18.4. The lowest BCUT2D eigenvalue weighted by Crippen LogP contribution is -2.57. The van der Waals surface area contributed by atoms with Gasteiger partial charge in [-0.1, -0.05) is 12.1 Å². The molecule has 4 rings (SSSR count). The maximum absolute atomic E-state index is 13.4. The number of carbonyl (C=O) groups is 3. The first-order valence-electron chi connectivity index (χ1n) is 10.1. The molecule has 1 saturated heterocycles. The molecule has 33 heavy (non-hydrogen) atoms. The van der Waals surface area contributed by atoms with E-state index in [4.69, 9.17) is 4.74 Å². The highest BCUT2D eigenvalue weighted by Gasteiger charge is 2.49. The number of halogens is 2. The molecule has 0 unspecified atom stereocenters. The lowest BCUT2D eigenvalue weighted by atomic mass is 9.92. The van der Waals surface area contributed by atoms with Crippen LogP contribution in [0.3, 0.4) is 0 Å². The number of carbonyl (C=O) groups excluding carboxylic acids is 3. The van der Waals surface area contributed by atoms with Gasteiger partial charge in [-0.2, -0.15) is 0 Å². The molecule has 5 nitrogen and oxygen atoms in total. The zero-order valence-electron chi connectivity index (χ0n) is 17.5. The second-order valence-corrected chi connectivity index (χ2v) is 8.58. The summed E-state index contributed by atoms with van der Waals surface area (Å²) in [6.07, 6.45) is 0. The van der Waals surface area contributed by atoms with Crippen molar-refractivity contribution in [2.45, 2.75) is 18.2 Å². The van der Waals surface area contributed by atoms with E-state index >= 15 is 0 Å². The molecule has 0 saturated carbocycles. The van der Waals surface area contributed by atoms with Gasteiger partial charge in [-0.3, -0.25) is 14.4 Å². The van der Waals surface area contributed by atoms with Crippen LogP contribution in [0.5, 0.6) is 5.75 Å². The number of anilines is 1. The summed E-state index contributed by atoms with van der Waals surface area (Å²) in [6.45, 7) is 1.31. The Morgan fingerprint density at radius 2 is 1.48 bits per heavy atom. The van der Waals surface area contributed by atoms with Gasteiger partial charge in [0.05, 0.1) is 11.8 Å². The van der Waals surface area contributed by atoms with E-state index in [1.54, 1.807) is 29.2 Å². The van der Waals surface area contributed by atoms with Crippen molar-refractivity contribution in [3.63, 3.8) is 0 Å². The number of thioether (sulfide) groups is 1. The summed E-state index contributed by atoms with van der Waals surface area (Å²) < 4.78 is 31.6. The van der Waals surface area contributed by atoms with Crippen LogP contribution < -0.4 is 9.64 Å². The molecular weight excluding hydrogens is 448 g/mol. The van der Waals surface area contributed by atoms with Gasteiger partial charge in [-0.15, -0.1) is 11.8 Å². The van der Waals surface area contributed by atoms with E-state index in [0.29, 0.717) is 17.0 Å². The SMILES string of the molecule is CC(=O)Oc1ccc([C@@H]2[C@@H](SCC(=O)c3ccc(F)cc3)C(=O)N2c2ccc(F)cc2)cc1. The third-order valence-electron chi connectivity index (χ3n) is 5.19. The van der Waals surface area contributed by atoms with Crippen LogP contribution in [0.1, 0.15) is 28.9 Å². The molecule has 1 aliphatic rings. The van der Waals surface area contributed by atoms with Crippen molar-refractivity contribution in [2.24, 2.45) is 0 Å². The predicted molar refractivity (Wildman–Crippen MR) is 121 cm³/mol. The van der Waals surface area contributed by atoms with E-state index in [1.165, 1.54) is 67.2 Å². The maximum atomic E-state index is 13.4. The zero-order chi connectivity index (χ0) is 23.5. The Morgan fingerprint density at radius 1 is 0.909 bits per heavy atom. The van der Waals surface area contributed by atoms with E-state index in [2.05, 4.69) is 0 Å². The van der Waals surface area contributed by atoms with E-state index < -0.39 is 28.9 Å². The number of hydrogen-bond acceptors (Lipinski definition) is 5. The topological polar surface area (TPSA) is 63.7 Å². The molecule has 1 fully saturated rings. The van der Waals surface area contributed by atoms with Gasteiger partial charge in [-0.25, -0.2) is 8.78 Å². The monoisotopic (exact) mass is 467 g/mol. The normalized spacial score (nSPS) is 17.4. The van der Waals surface area contributed by atoms with Crippen LogP contribution in [0.2, 0.25) is 0 Å². The average Bonchev–Trinajstić information content (AvgIpc) is 2.79. The number of β-lactam (4-membered cyclic amide) rings is 1. The number of esters is 1. The summed E-state index contributed by atoms with van der Waals surface area (Å²) in [5, 5.41) is -0.543. The van der Waals surface area contributed by atoms with Crippen LogP contribution in [0, 0.1) is 11.6 Å². The Morgan fingerprint density at radius 3 is 2.06 bits per heavy atom. The van der Waals surface area contributed by atoms with Gasteiger partial charge in [0.2, 0.25) is 5.91 Å². The van der Waals surface area contributed by atoms with Crippen molar-refractivity contribution in [3.05, 3.63) is 95.6 Å². The smallest absolute Gasteiger partial charge is 0.308 e. The lowest BCUT2D eigenvalue weighted by molar-refractivity contribution is -0.131. The van der Waals surface area contributed by atoms with Crippen LogP contribution in [0.4, 0.5) is 14.5 Å². The molecular formula is C25H19F2NO4S. The molecule has 0 aromatic heterocycles. The minimum Gasteiger partial charge on any atom is -0.427 e. The van der Waals surface area contributed by atoms with Gasteiger partial charge < -0.3 is 9.64 Å². The molecule has 1 aliphatic heterocycles. The molecule has 0 aliphatic carbocycles. The van der Waals surface area contributed by atoms with Crippen LogP contribution >= 0.6 is 11.8 Å². The fraction of sp³-hybridized carbons (Fsp3) is 0.160. The third-order valence-corrected chi connectivity index (χ3v) is 6.44. The minimum atomic E-state index is -0.543. The minimum absolute atomic E-state index is 0.0430. The molecule has 1 amide bonds. The first-order valence-corrected chi connectivity index (χ1v) is 11.2. The van der Waals surface area contributed by atoms with E-state index in [-0.39, 0.29) is 17.4 Å². The molecule has 1 heterocycles. The molecule has 0 radical (unpaired) electrons. The Hall–Kier alpha value is -3.52.